The number of fused-ring (bicyclic) bond motifs is 1. The van der Waals surface area contributed by atoms with Gasteiger partial charge in [-0.25, -0.2) is 8.78 Å². The van der Waals surface area contributed by atoms with Crippen molar-refractivity contribution < 1.29 is 27.9 Å². The molecule has 8 nitrogen and oxygen atoms in total. The van der Waals surface area contributed by atoms with E-state index in [9.17, 15) is 23.2 Å². The van der Waals surface area contributed by atoms with Crippen LogP contribution >= 0.6 is 0 Å². The molecule has 1 aromatic carbocycles. The summed E-state index contributed by atoms with van der Waals surface area (Å²) in [5, 5.41) is 5.74. The number of hydrogen-bond acceptors (Lipinski definition) is 5. The molecule has 0 bridgehead atoms. The fraction of sp³-hybridized carbons (Fsp3) is 0.625. The zero-order valence-electron chi connectivity index (χ0n) is 20.5. The Balaban J connectivity index is 1.89. The average molecular weight is 481 g/mol. The maximum Gasteiger partial charge on any atom is 0.246 e. The van der Waals surface area contributed by atoms with Crippen LogP contribution in [-0.4, -0.2) is 77.9 Å². The van der Waals surface area contributed by atoms with Crippen molar-refractivity contribution in [2.75, 3.05) is 20.1 Å². The molecule has 3 amide bonds. The number of rotatable bonds is 6. The van der Waals surface area contributed by atoms with Gasteiger partial charge >= 0.3 is 0 Å². The maximum atomic E-state index is 13.8. The fourth-order valence-corrected chi connectivity index (χ4v) is 4.69. The van der Waals surface area contributed by atoms with E-state index in [1.54, 1.807) is 23.8 Å². The van der Waals surface area contributed by atoms with Crippen molar-refractivity contribution in [3.63, 3.8) is 0 Å². The van der Waals surface area contributed by atoms with Crippen molar-refractivity contribution in [1.29, 1.82) is 0 Å². The lowest BCUT2D eigenvalue weighted by atomic mass is 9.85. The van der Waals surface area contributed by atoms with E-state index in [4.69, 9.17) is 4.74 Å². The van der Waals surface area contributed by atoms with Gasteiger partial charge in [0.2, 0.25) is 17.7 Å². The highest BCUT2D eigenvalue weighted by Gasteiger charge is 2.54. The lowest BCUT2D eigenvalue weighted by Gasteiger charge is -2.37. The molecule has 10 heteroatoms. The molecule has 0 radical (unpaired) electrons. The Morgan fingerprint density at radius 3 is 2.38 bits per heavy atom. The van der Waals surface area contributed by atoms with Gasteiger partial charge in [-0.05, 0) is 37.9 Å². The summed E-state index contributed by atoms with van der Waals surface area (Å²) in [5.74, 6) is -2.61. The van der Waals surface area contributed by atoms with E-state index < -0.39 is 41.3 Å². The lowest BCUT2D eigenvalue weighted by Crippen LogP contribution is -2.59. The summed E-state index contributed by atoms with van der Waals surface area (Å²) in [6.45, 7) is 9.39. The number of likely N-dealkylation sites (N-methyl/N-ethyl adjacent to an activating group) is 1. The zero-order chi connectivity index (χ0) is 25.4. The van der Waals surface area contributed by atoms with Gasteiger partial charge < -0.3 is 25.2 Å². The maximum absolute atomic E-state index is 13.8. The van der Waals surface area contributed by atoms with E-state index in [2.05, 4.69) is 10.6 Å². The van der Waals surface area contributed by atoms with Crippen molar-refractivity contribution in [3.05, 3.63) is 29.8 Å². The number of amides is 3. The number of carbonyl (C=O) groups excluding carboxylic acids is 3. The van der Waals surface area contributed by atoms with E-state index in [1.807, 2.05) is 20.8 Å². The highest BCUT2D eigenvalue weighted by Crippen LogP contribution is 2.36. The first kappa shape index (κ1) is 25.9. The largest absolute Gasteiger partial charge is 0.486 e. The van der Waals surface area contributed by atoms with Crippen LogP contribution in [0.5, 0.6) is 5.75 Å². The van der Waals surface area contributed by atoms with Crippen molar-refractivity contribution in [1.82, 2.24) is 20.4 Å². The average Bonchev–Trinajstić information content (AvgIpc) is 3.34. The Morgan fingerprint density at radius 2 is 1.82 bits per heavy atom. The Bertz CT molecular complexity index is 951. The Hall–Kier alpha value is -2.75. The van der Waals surface area contributed by atoms with Crippen LogP contribution in [0.3, 0.4) is 0 Å². The third kappa shape index (κ3) is 5.16. The van der Waals surface area contributed by atoms with Gasteiger partial charge in [0.15, 0.2) is 11.6 Å². The quantitative estimate of drug-likeness (QED) is 0.647. The molecule has 1 unspecified atom stereocenters. The molecular formula is C24H34F2N4O4. The summed E-state index contributed by atoms with van der Waals surface area (Å²) in [5.41, 5.74) is -0.576. The number of benzene rings is 1. The van der Waals surface area contributed by atoms with Gasteiger partial charge in [-0.15, -0.1) is 0 Å². The Morgan fingerprint density at radius 1 is 1.15 bits per heavy atom. The number of halogens is 2. The summed E-state index contributed by atoms with van der Waals surface area (Å²) >= 11 is 0. The second-order valence-electron chi connectivity index (χ2n) is 10.1. The minimum Gasteiger partial charge on any atom is -0.486 e. The van der Waals surface area contributed by atoms with Gasteiger partial charge in [-0.3, -0.25) is 14.4 Å². The van der Waals surface area contributed by atoms with Crippen molar-refractivity contribution in [2.45, 2.75) is 71.3 Å². The second-order valence-corrected chi connectivity index (χ2v) is 10.1. The van der Waals surface area contributed by atoms with E-state index in [1.165, 1.54) is 13.0 Å². The van der Waals surface area contributed by atoms with Crippen LogP contribution in [0.1, 0.15) is 41.0 Å². The molecule has 0 saturated carbocycles. The zero-order valence-corrected chi connectivity index (χ0v) is 20.5. The number of hydrogen-bond donors (Lipinski definition) is 2. The number of carbonyl (C=O) groups is 3. The standard InChI is InChI=1S/C24H34F2N4O4/c1-13(27-6)22(32)28-21(24(3,4)5)23(33)29-10-9-18-20(29)19(12-30(18)14(2)31)34-15-7-8-16(25)17(26)11-15/h7-8,11,13,18-21,27H,9-10,12H2,1-6H3,(H,28,32)/t13-,18+,19-,20-,21?/m0/s1. The second kappa shape index (κ2) is 9.85. The van der Waals surface area contributed by atoms with Crippen LogP contribution in [0, 0.1) is 17.0 Å². The van der Waals surface area contributed by atoms with Crippen LogP contribution in [0.25, 0.3) is 0 Å². The lowest BCUT2D eigenvalue weighted by molar-refractivity contribution is -0.141. The van der Waals surface area contributed by atoms with Crippen molar-refractivity contribution >= 4 is 17.7 Å². The molecule has 0 aromatic heterocycles. The molecule has 2 saturated heterocycles. The summed E-state index contributed by atoms with van der Waals surface area (Å²) in [7, 11) is 1.67. The number of nitrogens with one attached hydrogen (secondary N) is 2. The topological polar surface area (TPSA) is 91.0 Å². The molecule has 2 heterocycles. The molecule has 2 fully saturated rings. The summed E-state index contributed by atoms with van der Waals surface area (Å²) in [6, 6.07) is 1.24. The highest BCUT2D eigenvalue weighted by molar-refractivity contribution is 5.90. The first-order chi connectivity index (χ1) is 15.8. The van der Waals surface area contributed by atoms with Gasteiger partial charge in [0.1, 0.15) is 17.9 Å². The fourth-order valence-electron chi connectivity index (χ4n) is 4.69. The highest BCUT2D eigenvalue weighted by atomic mass is 19.2. The molecule has 34 heavy (non-hydrogen) atoms. The van der Waals surface area contributed by atoms with E-state index in [0.717, 1.165) is 12.1 Å². The predicted octanol–water partition coefficient (Wildman–Crippen LogP) is 1.68. The third-order valence-electron chi connectivity index (χ3n) is 6.67. The first-order valence-corrected chi connectivity index (χ1v) is 11.5. The van der Waals surface area contributed by atoms with Crippen molar-refractivity contribution in [2.24, 2.45) is 5.41 Å². The van der Waals surface area contributed by atoms with Crippen LogP contribution in [-0.2, 0) is 14.4 Å². The van der Waals surface area contributed by atoms with Gasteiger partial charge in [-0.1, -0.05) is 20.8 Å². The Kier molecular flexibility index (Phi) is 7.50. The third-order valence-corrected chi connectivity index (χ3v) is 6.67. The van der Waals surface area contributed by atoms with Gasteiger partial charge in [0.25, 0.3) is 0 Å². The van der Waals surface area contributed by atoms with Crippen LogP contribution in [0.4, 0.5) is 8.78 Å². The molecule has 2 N–H and O–H groups in total. The number of likely N-dealkylation sites (tertiary alicyclic amines) is 2. The molecule has 1 aromatic rings. The van der Waals surface area contributed by atoms with Gasteiger partial charge in [0, 0.05) is 19.5 Å². The predicted molar refractivity (Wildman–Crippen MR) is 122 cm³/mol. The number of nitrogens with zero attached hydrogens (tertiary/aromatic N) is 2. The molecule has 188 valence electrons. The molecule has 3 rings (SSSR count). The van der Waals surface area contributed by atoms with E-state index >= 15 is 0 Å². The van der Waals surface area contributed by atoms with Crippen LogP contribution in [0.2, 0.25) is 0 Å². The van der Waals surface area contributed by atoms with Gasteiger partial charge in [0.05, 0.1) is 24.7 Å². The van der Waals surface area contributed by atoms with Crippen LogP contribution < -0.4 is 15.4 Å². The van der Waals surface area contributed by atoms with Crippen LogP contribution in [0.15, 0.2) is 18.2 Å². The minimum atomic E-state index is -1.04. The monoisotopic (exact) mass is 480 g/mol. The normalized spacial score (nSPS) is 23.9. The van der Waals surface area contributed by atoms with E-state index in [-0.39, 0.29) is 36.1 Å². The molecular weight excluding hydrogens is 446 g/mol. The summed E-state index contributed by atoms with van der Waals surface area (Å²) in [6.07, 6.45) is -0.0662. The Labute approximate surface area is 199 Å². The van der Waals surface area contributed by atoms with E-state index in [0.29, 0.717) is 13.0 Å². The minimum absolute atomic E-state index is 0.121. The van der Waals surface area contributed by atoms with Gasteiger partial charge in [-0.2, -0.15) is 0 Å². The number of ether oxygens (including phenoxy) is 1. The molecule has 0 spiro atoms. The molecule has 2 aliphatic rings. The summed E-state index contributed by atoms with van der Waals surface area (Å²) < 4.78 is 33.1. The first-order valence-electron chi connectivity index (χ1n) is 11.5. The SMILES string of the molecule is CN[C@@H](C)C(=O)NC(C(=O)N1CC[C@@H]2[C@H]1[C@@H](Oc1ccc(F)c(F)c1)CN2C(C)=O)C(C)(C)C. The smallest absolute Gasteiger partial charge is 0.246 e. The summed E-state index contributed by atoms with van der Waals surface area (Å²) in [4.78, 5) is 42.0. The molecule has 0 aliphatic carbocycles. The molecule has 2 aliphatic heterocycles. The molecule has 5 atom stereocenters. The van der Waals surface area contributed by atoms with Crippen molar-refractivity contribution in [3.8, 4) is 5.75 Å².